The molecule has 0 spiro atoms. The number of rotatable bonds is 16. The second kappa shape index (κ2) is 17.0. The molecule has 0 aromatic carbocycles. The average Bonchev–Trinajstić information content (AvgIpc) is 2.54. The molecule has 3 heteroatoms. The van der Waals surface area contributed by atoms with E-state index in [2.05, 4.69) is 18.6 Å². The van der Waals surface area contributed by atoms with Crippen LogP contribution in [0.25, 0.3) is 0 Å². The van der Waals surface area contributed by atoms with Crippen molar-refractivity contribution in [2.75, 3.05) is 0 Å². The molecule has 0 saturated carbocycles. The van der Waals surface area contributed by atoms with Crippen LogP contribution in [0.4, 0.5) is 0 Å². The highest BCUT2D eigenvalue weighted by Gasteiger charge is 2.07. The first-order chi connectivity index (χ1) is 11.6. The maximum Gasteiger partial charge on any atom is 0.313 e. The molecule has 0 atom stereocenters. The van der Waals surface area contributed by atoms with Crippen molar-refractivity contribution in [1.29, 1.82) is 0 Å². The minimum absolute atomic E-state index is 0.268. The highest BCUT2D eigenvalue weighted by atomic mass is 16.6. The predicted molar refractivity (Wildman–Crippen MR) is 101 cm³/mol. The maximum absolute atomic E-state index is 11.3. The Balaban J connectivity index is 3.15. The molecule has 0 heterocycles. The van der Waals surface area contributed by atoms with E-state index >= 15 is 0 Å². The molecule has 0 aliphatic rings. The number of carbonyl (C=O) groups is 2. The van der Waals surface area contributed by atoms with E-state index in [4.69, 9.17) is 0 Å². The largest absolute Gasteiger partial charge is 0.393 e. The first kappa shape index (κ1) is 23.1. The van der Waals surface area contributed by atoms with Gasteiger partial charge in [0, 0.05) is 12.8 Å². The van der Waals surface area contributed by atoms with Crippen molar-refractivity contribution in [2.24, 2.45) is 5.92 Å². The number of esters is 2. The lowest BCUT2D eigenvalue weighted by Crippen LogP contribution is -2.10. The second-order valence-corrected chi connectivity index (χ2v) is 7.37. The van der Waals surface area contributed by atoms with Crippen LogP contribution >= 0.6 is 0 Å². The van der Waals surface area contributed by atoms with Crippen molar-refractivity contribution in [3.8, 4) is 0 Å². The number of hydrogen-bond donors (Lipinski definition) is 0. The smallest absolute Gasteiger partial charge is 0.313 e. The lowest BCUT2D eigenvalue weighted by molar-refractivity contribution is -0.159. The second-order valence-electron chi connectivity index (χ2n) is 7.37. The first-order valence-corrected chi connectivity index (χ1v) is 10.3. The molecule has 0 aromatic rings. The molecule has 0 radical (unpaired) electrons. The van der Waals surface area contributed by atoms with Gasteiger partial charge in [0.05, 0.1) is 0 Å². The molecule has 0 unspecified atom stereocenters. The molecule has 0 rings (SSSR count). The maximum atomic E-state index is 11.3. The Kier molecular flexibility index (Phi) is 16.4. The molecule has 0 saturated heterocycles. The molecule has 0 aromatic heterocycles. The van der Waals surface area contributed by atoms with E-state index in [9.17, 15) is 9.59 Å². The van der Waals surface area contributed by atoms with Crippen molar-refractivity contribution in [3.05, 3.63) is 0 Å². The van der Waals surface area contributed by atoms with Gasteiger partial charge in [-0.1, -0.05) is 97.8 Å². The fourth-order valence-electron chi connectivity index (χ4n) is 2.84. The Morgan fingerprint density at radius 2 is 1.08 bits per heavy atom. The van der Waals surface area contributed by atoms with E-state index in [0.29, 0.717) is 6.42 Å². The van der Waals surface area contributed by atoms with Crippen molar-refractivity contribution >= 4 is 11.9 Å². The third-order valence-corrected chi connectivity index (χ3v) is 4.43. The van der Waals surface area contributed by atoms with Crippen molar-refractivity contribution in [3.63, 3.8) is 0 Å². The van der Waals surface area contributed by atoms with Gasteiger partial charge >= 0.3 is 11.9 Å². The van der Waals surface area contributed by atoms with Crippen LogP contribution in [0.5, 0.6) is 0 Å². The van der Waals surface area contributed by atoms with Crippen LogP contribution in [0, 0.1) is 5.92 Å². The molecule has 0 aliphatic carbocycles. The summed E-state index contributed by atoms with van der Waals surface area (Å²) in [5.74, 6) is 0.0737. The van der Waals surface area contributed by atoms with Gasteiger partial charge < -0.3 is 4.74 Å². The number of carbonyl (C=O) groups excluding carboxylic acids is 2. The molecule has 3 nitrogen and oxygen atoms in total. The summed E-state index contributed by atoms with van der Waals surface area (Å²) in [6.07, 6.45) is 17.4. The Hall–Kier alpha value is -0.860. The summed E-state index contributed by atoms with van der Waals surface area (Å²) in [7, 11) is 0. The lowest BCUT2D eigenvalue weighted by Gasteiger charge is -2.05. The molecule has 0 fully saturated rings. The first-order valence-electron chi connectivity index (χ1n) is 10.3. The van der Waals surface area contributed by atoms with Crippen LogP contribution in [-0.4, -0.2) is 11.9 Å². The van der Waals surface area contributed by atoms with E-state index in [-0.39, 0.29) is 12.4 Å². The van der Waals surface area contributed by atoms with Gasteiger partial charge in [-0.2, -0.15) is 0 Å². The summed E-state index contributed by atoms with van der Waals surface area (Å²) in [5, 5.41) is 0. The van der Waals surface area contributed by atoms with Gasteiger partial charge in [-0.15, -0.1) is 0 Å². The zero-order valence-corrected chi connectivity index (χ0v) is 16.4. The molecular weight excluding hydrogens is 300 g/mol. The molecule has 0 amide bonds. The third kappa shape index (κ3) is 17.5. The molecular formula is C21H40O3. The summed E-state index contributed by atoms with van der Waals surface area (Å²) >= 11 is 0. The van der Waals surface area contributed by atoms with Gasteiger partial charge in [0.15, 0.2) is 0 Å². The molecule has 24 heavy (non-hydrogen) atoms. The van der Waals surface area contributed by atoms with Gasteiger partial charge in [0.2, 0.25) is 0 Å². The monoisotopic (exact) mass is 340 g/mol. The standard InChI is InChI=1S/C21H40O3/c1-4-20(22)24-21(23)18-16-14-12-10-8-6-5-7-9-11-13-15-17-19(2)3/h19H,4-18H2,1-3H3. The van der Waals surface area contributed by atoms with Crippen molar-refractivity contribution in [2.45, 2.75) is 117 Å². The lowest BCUT2D eigenvalue weighted by atomic mass is 10.0. The third-order valence-electron chi connectivity index (χ3n) is 4.43. The summed E-state index contributed by atoms with van der Waals surface area (Å²) in [4.78, 5) is 22.2. The van der Waals surface area contributed by atoms with E-state index < -0.39 is 5.97 Å². The van der Waals surface area contributed by atoms with E-state index in [1.54, 1.807) is 6.92 Å². The summed E-state index contributed by atoms with van der Waals surface area (Å²) in [6.45, 7) is 6.31. The van der Waals surface area contributed by atoms with Crippen molar-refractivity contribution < 1.29 is 14.3 Å². The zero-order valence-electron chi connectivity index (χ0n) is 16.4. The van der Waals surface area contributed by atoms with Crippen LogP contribution in [-0.2, 0) is 14.3 Å². The van der Waals surface area contributed by atoms with Gasteiger partial charge in [-0.25, -0.2) is 0 Å². The van der Waals surface area contributed by atoms with E-state index in [1.165, 1.54) is 70.6 Å². The fraction of sp³-hybridized carbons (Fsp3) is 0.905. The highest BCUT2D eigenvalue weighted by molar-refractivity contribution is 5.85. The van der Waals surface area contributed by atoms with Crippen LogP contribution in [0.2, 0.25) is 0 Å². The van der Waals surface area contributed by atoms with Crippen LogP contribution in [0.1, 0.15) is 117 Å². The van der Waals surface area contributed by atoms with Crippen molar-refractivity contribution in [1.82, 2.24) is 0 Å². The topological polar surface area (TPSA) is 43.4 Å². The normalized spacial score (nSPS) is 11.0. The average molecular weight is 341 g/mol. The zero-order chi connectivity index (χ0) is 18.0. The summed E-state index contributed by atoms with van der Waals surface area (Å²) in [5.41, 5.74) is 0. The van der Waals surface area contributed by atoms with Gasteiger partial charge in [0.25, 0.3) is 0 Å². The Morgan fingerprint density at radius 1 is 0.667 bits per heavy atom. The minimum Gasteiger partial charge on any atom is -0.393 e. The Bertz CT molecular complexity index is 310. The molecule has 142 valence electrons. The summed E-state index contributed by atoms with van der Waals surface area (Å²) in [6, 6.07) is 0. The van der Waals surface area contributed by atoms with Crippen LogP contribution in [0.15, 0.2) is 0 Å². The SMILES string of the molecule is CCC(=O)OC(=O)CCCCCCCCCCCCCCC(C)C. The van der Waals surface area contributed by atoms with Gasteiger partial charge in [-0.3, -0.25) is 9.59 Å². The highest BCUT2D eigenvalue weighted by Crippen LogP contribution is 2.14. The van der Waals surface area contributed by atoms with Gasteiger partial charge in [0.1, 0.15) is 0 Å². The van der Waals surface area contributed by atoms with E-state index in [1.807, 2.05) is 0 Å². The van der Waals surface area contributed by atoms with Crippen LogP contribution in [0.3, 0.4) is 0 Å². The molecule has 0 aliphatic heterocycles. The molecule has 0 bridgehead atoms. The number of ether oxygens (including phenoxy) is 1. The predicted octanol–water partition coefficient (Wildman–Crippen LogP) is 6.58. The number of hydrogen-bond acceptors (Lipinski definition) is 3. The van der Waals surface area contributed by atoms with Crippen LogP contribution < -0.4 is 0 Å². The Morgan fingerprint density at radius 3 is 1.50 bits per heavy atom. The number of unbranched alkanes of at least 4 members (excludes halogenated alkanes) is 11. The fourth-order valence-corrected chi connectivity index (χ4v) is 2.84. The minimum atomic E-state index is -0.417. The summed E-state index contributed by atoms with van der Waals surface area (Å²) < 4.78 is 4.64. The van der Waals surface area contributed by atoms with E-state index in [0.717, 1.165) is 18.8 Å². The quantitative estimate of drug-likeness (QED) is 0.181. The van der Waals surface area contributed by atoms with Gasteiger partial charge in [-0.05, 0) is 12.3 Å². The Labute approximate surface area is 149 Å². The molecule has 0 N–H and O–H groups in total.